The molecular formula is C16H17ClN2OS. The van der Waals surface area contributed by atoms with Crippen molar-refractivity contribution in [2.75, 3.05) is 10.6 Å². The van der Waals surface area contributed by atoms with Gasteiger partial charge in [0.25, 0.3) is 0 Å². The molecule has 0 spiro atoms. The third-order valence-corrected chi connectivity index (χ3v) is 4.95. The summed E-state index contributed by atoms with van der Waals surface area (Å²) < 4.78 is 0.862. The minimum atomic E-state index is -0.0586. The van der Waals surface area contributed by atoms with Crippen molar-refractivity contribution in [3.05, 3.63) is 45.1 Å². The Morgan fingerprint density at radius 1 is 1.33 bits per heavy atom. The maximum absolute atomic E-state index is 11.1. The predicted octanol–water partition coefficient (Wildman–Crippen LogP) is 4.85. The smallest absolute Gasteiger partial charge is 0.221 e. The van der Waals surface area contributed by atoms with Gasteiger partial charge in [0.05, 0.1) is 10.4 Å². The molecule has 21 heavy (non-hydrogen) atoms. The zero-order chi connectivity index (χ0) is 14.8. The largest absolute Gasteiger partial charge is 0.378 e. The molecule has 1 atom stereocenters. The first-order valence-electron chi connectivity index (χ1n) is 7.04. The summed E-state index contributed by atoms with van der Waals surface area (Å²) in [5.74, 6) is -0.0586. The second kappa shape index (κ2) is 6.08. The first-order chi connectivity index (χ1) is 10.1. The van der Waals surface area contributed by atoms with Crippen molar-refractivity contribution in [2.24, 2.45) is 0 Å². The highest BCUT2D eigenvalue weighted by Gasteiger charge is 2.22. The number of nitrogens with one attached hydrogen (secondary N) is 2. The van der Waals surface area contributed by atoms with Crippen LogP contribution in [0.15, 0.2) is 30.3 Å². The van der Waals surface area contributed by atoms with Gasteiger partial charge in [-0.05, 0) is 49.1 Å². The Morgan fingerprint density at radius 3 is 2.95 bits per heavy atom. The average molecular weight is 321 g/mol. The van der Waals surface area contributed by atoms with Gasteiger partial charge in [0.2, 0.25) is 5.91 Å². The van der Waals surface area contributed by atoms with Crippen LogP contribution < -0.4 is 10.6 Å². The van der Waals surface area contributed by atoms with Gasteiger partial charge in [-0.1, -0.05) is 17.7 Å². The van der Waals surface area contributed by atoms with Crippen LogP contribution in [0.3, 0.4) is 0 Å². The van der Waals surface area contributed by atoms with Crippen molar-refractivity contribution in [1.82, 2.24) is 0 Å². The van der Waals surface area contributed by atoms with Gasteiger partial charge in [0, 0.05) is 23.2 Å². The number of carbonyl (C=O) groups is 1. The number of benzene rings is 1. The molecule has 1 aliphatic rings. The van der Waals surface area contributed by atoms with Gasteiger partial charge in [-0.3, -0.25) is 4.79 Å². The molecule has 1 aliphatic carbocycles. The van der Waals surface area contributed by atoms with E-state index in [4.69, 9.17) is 11.6 Å². The lowest BCUT2D eigenvalue weighted by Crippen LogP contribution is -2.15. The van der Waals surface area contributed by atoms with E-state index in [1.165, 1.54) is 23.8 Å². The van der Waals surface area contributed by atoms with E-state index in [9.17, 15) is 4.79 Å². The Kier molecular flexibility index (Phi) is 4.17. The summed E-state index contributed by atoms with van der Waals surface area (Å²) in [7, 11) is 0. The number of anilines is 2. The Labute approximate surface area is 133 Å². The number of amides is 1. The maximum Gasteiger partial charge on any atom is 0.221 e. The minimum absolute atomic E-state index is 0.0586. The van der Waals surface area contributed by atoms with Gasteiger partial charge in [-0.15, -0.1) is 11.3 Å². The normalized spacial score (nSPS) is 17.1. The quantitative estimate of drug-likeness (QED) is 0.848. The van der Waals surface area contributed by atoms with Crippen LogP contribution in [0.25, 0.3) is 0 Å². The molecule has 2 aromatic rings. The molecule has 2 N–H and O–H groups in total. The van der Waals surface area contributed by atoms with E-state index in [1.54, 1.807) is 11.3 Å². The van der Waals surface area contributed by atoms with E-state index < -0.39 is 0 Å². The Balaban J connectivity index is 1.79. The molecular weight excluding hydrogens is 304 g/mol. The number of fused-ring (bicyclic) bond motifs is 1. The zero-order valence-corrected chi connectivity index (χ0v) is 13.4. The highest BCUT2D eigenvalue weighted by atomic mass is 35.5. The van der Waals surface area contributed by atoms with Crippen LogP contribution in [0.1, 0.15) is 36.2 Å². The van der Waals surface area contributed by atoms with Crippen molar-refractivity contribution in [1.29, 1.82) is 0 Å². The van der Waals surface area contributed by atoms with Gasteiger partial charge in [0.15, 0.2) is 0 Å². The molecule has 1 heterocycles. The van der Waals surface area contributed by atoms with Crippen LogP contribution >= 0.6 is 22.9 Å². The number of thiophene rings is 1. The minimum Gasteiger partial charge on any atom is -0.378 e. The van der Waals surface area contributed by atoms with Crippen LogP contribution in [0.4, 0.5) is 11.4 Å². The fourth-order valence-corrected chi connectivity index (χ4v) is 4.15. The van der Waals surface area contributed by atoms with E-state index in [0.29, 0.717) is 6.04 Å². The van der Waals surface area contributed by atoms with E-state index in [1.807, 2.05) is 24.3 Å². The maximum atomic E-state index is 11.1. The van der Waals surface area contributed by atoms with Gasteiger partial charge < -0.3 is 10.6 Å². The molecule has 5 heteroatoms. The standard InChI is InChI=1S/C16H17ClN2OS/c1-10(20)18-11-4-2-5-12(8-11)19-14-6-3-7-15-13(14)9-16(17)21-15/h2,4-5,8-9,14,19H,3,6-7H2,1H3,(H,18,20). The Morgan fingerprint density at radius 2 is 2.14 bits per heavy atom. The molecule has 1 unspecified atom stereocenters. The molecule has 0 bridgehead atoms. The highest BCUT2D eigenvalue weighted by Crippen LogP contribution is 2.39. The third kappa shape index (κ3) is 3.39. The Bertz CT molecular complexity index is 668. The monoisotopic (exact) mass is 320 g/mol. The summed E-state index contributed by atoms with van der Waals surface area (Å²) in [6, 6.07) is 10.2. The van der Waals surface area contributed by atoms with Crippen molar-refractivity contribution < 1.29 is 4.79 Å². The lowest BCUT2D eigenvalue weighted by atomic mass is 9.94. The van der Waals surface area contributed by atoms with Crippen molar-refractivity contribution in [3.8, 4) is 0 Å². The van der Waals surface area contributed by atoms with Gasteiger partial charge in [-0.25, -0.2) is 0 Å². The molecule has 0 saturated heterocycles. The predicted molar refractivity (Wildman–Crippen MR) is 89.4 cm³/mol. The SMILES string of the molecule is CC(=O)Nc1cccc(NC2CCCc3sc(Cl)cc32)c1. The molecule has 3 nitrogen and oxygen atoms in total. The Hall–Kier alpha value is -1.52. The summed E-state index contributed by atoms with van der Waals surface area (Å²) in [6.07, 6.45) is 3.40. The summed E-state index contributed by atoms with van der Waals surface area (Å²) >= 11 is 7.83. The second-order valence-electron chi connectivity index (χ2n) is 5.28. The summed E-state index contributed by atoms with van der Waals surface area (Å²) in [5.41, 5.74) is 3.15. The number of aryl methyl sites for hydroxylation is 1. The lowest BCUT2D eigenvalue weighted by Gasteiger charge is -2.24. The second-order valence-corrected chi connectivity index (χ2v) is 7.05. The summed E-state index contributed by atoms with van der Waals surface area (Å²) in [4.78, 5) is 12.5. The van der Waals surface area contributed by atoms with Gasteiger partial charge in [0.1, 0.15) is 0 Å². The van der Waals surface area contributed by atoms with Crippen molar-refractivity contribution in [2.45, 2.75) is 32.2 Å². The van der Waals surface area contributed by atoms with Gasteiger partial charge in [-0.2, -0.15) is 0 Å². The third-order valence-electron chi connectivity index (χ3n) is 3.61. The van der Waals surface area contributed by atoms with Crippen molar-refractivity contribution in [3.63, 3.8) is 0 Å². The topological polar surface area (TPSA) is 41.1 Å². The molecule has 110 valence electrons. The summed E-state index contributed by atoms with van der Waals surface area (Å²) in [5, 5.41) is 6.37. The van der Waals surface area contributed by atoms with Crippen molar-refractivity contribution >= 4 is 40.2 Å². The fraction of sp³-hybridized carbons (Fsp3) is 0.312. The van der Waals surface area contributed by atoms with Crippen LogP contribution in [0, 0.1) is 0 Å². The molecule has 1 amide bonds. The number of rotatable bonds is 3. The highest BCUT2D eigenvalue weighted by molar-refractivity contribution is 7.16. The van der Waals surface area contributed by atoms with Crippen LogP contribution in [-0.2, 0) is 11.2 Å². The number of hydrogen-bond acceptors (Lipinski definition) is 3. The van der Waals surface area contributed by atoms with E-state index in [-0.39, 0.29) is 5.91 Å². The van der Waals surface area contributed by atoms with Gasteiger partial charge >= 0.3 is 0 Å². The first kappa shape index (κ1) is 14.4. The molecule has 0 fully saturated rings. The lowest BCUT2D eigenvalue weighted by molar-refractivity contribution is -0.114. The first-order valence-corrected chi connectivity index (χ1v) is 8.23. The van der Waals surface area contributed by atoms with E-state index >= 15 is 0 Å². The van der Waals surface area contributed by atoms with Crippen LogP contribution in [-0.4, -0.2) is 5.91 Å². The molecule has 0 radical (unpaired) electrons. The molecule has 0 aliphatic heterocycles. The van der Waals surface area contributed by atoms with E-state index in [0.717, 1.165) is 28.6 Å². The molecule has 1 aromatic heterocycles. The molecule has 0 saturated carbocycles. The average Bonchev–Trinajstić information content (AvgIpc) is 2.80. The van der Waals surface area contributed by atoms with Crippen LogP contribution in [0.2, 0.25) is 4.34 Å². The number of carbonyl (C=O) groups excluding carboxylic acids is 1. The van der Waals surface area contributed by atoms with E-state index in [2.05, 4.69) is 16.7 Å². The fourth-order valence-electron chi connectivity index (χ4n) is 2.76. The molecule has 3 rings (SSSR count). The summed E-state index contributed by atoms with van der Waals surface area (Å²) in [6.45, 7) is 1.51. The molecule has 1 aromatic carbocycles. The zero-order valence-electron chi connectivity index (χ0n) is 11.8. The number of halogens is 1. The number of hydrogen-bond donors (Lipinski definition) is 2. The van der Waals surface area contributed by atoms with Crippen LogP contribution in [0.5, 0.6) is 0 Å².